The summed E-state index contributed by atoms with van der Waals surface area (Å²) in [4.78, 5) is 64.2. The van der Waals surface area contributed by atoms with E-state index in [-0.39, 0.29) is 31.2 Å². The summed E-state index contributed by atoms with van der Waals surface area (Å²) in [7, 11) is 0. The standard InChI is InChI=1S/C23H25N5O6/c24-22(33)25-12-6-11-17(21(31)32)26-19(29)18(13-14-7-2-1-3-8-14)28-20(30)15-9-4-5-10-16(15)27-23(28)34/h1-5,7-10,17-18H,6,11-13H2,(H,26,29)(H,27,34)(H,31,32)(H3,24,25,33)/p-1/t17-,18-/m0/s1. The van der Waals surface area contributed by atoms with Crippen LogP contribution in [0.5, 0.6) is 0 Å². The third-order valence-electron chi connectivity index (χ3n) is 5.29. The zero-order chi connectivity index (χ0) is 24.7. The molecule has 11 heteroatoms. The van der Waals surface area contributed by atoms with E-state index in [9.17, 15) is 29.1 Å². The number of para-hydroxylation sites is 1. The molecule has 0 aliphatic carbocycles. The van der Waals surface area contributed by atoms with Gasteiger partial charge < -0.3 is 31.3 Å². The lowest BCUT2D eigenvalue weighted by molar-refractivity contribution is -0.308. The number of nitrogens with zero attached hydrogens (tertiary/aromatic N) is 1. The van der Waals surface area contributed by atoms with Gasteiger partial charge in [0.1, 0.15) is 6.04 Å². The maximum atomic E-state index is 13.2. The van der Waals surface area contributed by atoms with Crippen LogP contribution in [0.4, 0.5) is 4.79 Å². The van der Waals surface area contributed by atoms with Crippen molar-refractivity contribution < 1.29 is 19.5 Å². The van der Waals surface area contributed by atoms with E-state index in [0.717, 1.165) is 4.57 Å². The second-order valence-electron chi connectivity index (χ2n) is 7.67. The van der Waals surface area contributed by atoms with E-state index in [0.29, 0.717) is 11.1 Å². The summed E-state index contributed by atoms with van der Waals surface area (Å²) >= 11 is 0. The monoisotopic (exact) mass is 466 g/mol. The van der Waals surface area contributed by atoms with Gasteiger partial charge in [0.2, 0.25) is 5.91 Å². The largest absolute Gasteiger partial charge is 0.548 e. The van der Waals surface area contributed by atoms with E-state index in [1.807, 2.05) is 0 Å². The Morgan fingerprint density at radius 3 is 2.38 bits per heavy atom. The number of primary amides is 1. The number of fused-ring (bicyclic) bond motifs is 1. The molecule has 0 aliphatic rings. The SMILES string of the molecule is NC(=O)NCCC[C@H](NC(=O)[C@H](Cc1ccccc1)n1c(=O)[nH]c2ccccc2c1=O)C(=O)[O-]. The number of H-pyrrole nitrogens is 1. The number of hydrogen-bond acceptors (Lipinski definition) is 6. The highest BCUT2D eigenvalue weighted by molar-refractivity contribution is 5.86. The quantitative estimate of drug-likeness (QED) is 0.283. The Kier molecular flexibility index (Phi) is 7.80. The van der Waals surface area contributed by atoms with Gasteiger partial charge in [-0.1, -0.05) is 42.5 Å². The molecule has 0 saturated heterocycles. The van der Waals surface area contributed by atoms with Gasteiger partial charge in [0.25, 0.3) is 5.56 Å². The van der Waals surface area contributed by atoms with Crippen molar-refractivity contribution in [3.63, 3.8) is 0 Å². The number of hydrogen-bond donors (Lipinski definition) is 4. The van der Waals surface area contributed by atoms with Crippen molar-refractivity contribution in [2.75, 3.05) is 6.54 Å². The summed E-state index contributed by atoms with van der Waals surface area (Å²) in [5.41, 5.74) is 4.50. The van der Waals surface area contributed by atoms with Crippen LogP contribution < -0.4 is 32.7 Å². The number of aromatic nitrogens is 2. The Morgan fingerprint density at radius 1 is 1.03 bits per heavy atom. The van der Waals surface area contributed by atoms with Crippen molar-refractivity contribution in [1.82, 2.24) is 20.2 Å². The number of carboxylic acid groups (broad SMARTS) is 1. The van der Waals surface area contributed by atoms with E-state index in [2.05, 4.69) is 15.6 Å². The molecule has 0 fully saturated rings. The molecule has 11 nitrogen and oxygen atoms in total. The number of nitrogens with one attached hydrogen (secondary N) is 3. The second kappa shape index (κ2) is 10.9. The Labute approximate surface area is 193 Å². The van der Waals surface area contributed by atoms with E-state index in [1.54, 1.807) is 48.5 Å². The number of aromatic amines is 1. The Bertz CT molecular complexity index is 1300. The van der Waals surface area contributed by atoms with E-state index < -0.39 is 41.2 Å². The lowest BCUT2D eigenvalue weighted by atomic mass is 10.0. The van der Waals surface area contributed by atoms with E-state index in [1.165, 1.54) is 6.07 Å². The van der Waals surface area contributed by atoms with Crippen LogP contribution in [0.3, 0.4) is 0 Å². The molecular weight excluding hydrogens is 442 g/mol. The summed E-state index contributed by atoms with van der Waals surface area (Å²) in [6, 6.07) is 11.6. The zero-order valence-electron chi connectivity index (χ0n) is 18.2. The fourth-order valence-electron chi connectivity index (χ4n) is 3.63. The number of urea groups is 1. The molecule has 0 aliphatic heterocycles. The smallest absolute Gasteiger partial charge is 0.329 e. The first kappa shape index (κ1) is 24.2. The lowest BCUT2D eigenvalue weighted by Crippen LogP contribution is -2.52. The maximum absolute atomic E-state index is 13.2. The molecule has 5 N–H and O–H groups in total. The first-order valence-corrected chi connectivity index (χ1v) is 10.6. The highest BCUT2D eigenvalue weighted by Gasteiger charge is 2.27. The van der Waals surface area contributed by atoms with Crippen molar-refractivity contribution >= 4 is 28.8 Å². The molecule has 2 aromatic carbocycles. The maximum Gasteiger partial charge on any atom is 0.329 e. The van der Waals surface area contributed by atoms with Crippen LogP contribution in [-0.2, 0) is 16.0 Å². The molecule has 0 unspecified atom stereocenters. The van der Waals surface area contributed by atoms with Crippen LogP contribution in [-0.4, -0.2) is 40.0 Å². The predicted octanol–water partition coefficient (Wildman–Crippen LogP) is -0.843. The van der Waals surface area contributed by atoms with Gasteiger partial charge in [-0.3, -0.25) is 9.59 Å². The fourth-order valence-corrected chi connectivity index (χ4v) is 3.63. The van der Waals surface area contributed by atoms with Gasteiger partial charge in [-0.15, -0.1) is 0 Å². The molecule has 3 aromatic rings. The molecular formula is C23H24N5O6-. The number of aliphatic carboxylic acids is 1. The Balaban J connectivity index is 1.95. The van der Waals surface area contributed by atoms with Gasteiger partial charge in [0, 0.05) is 13.0 Å². The number of carbonyl (C=O) groups excluding carboxylic acids is 3. The molecule has 0 bridgehead atoms. The van der Waals surface area contributed by atoms with Gasteiger partial charge in [-0.25, -0.2) is 14.2 Å². The molecule has 0 radical (unpaired) electrons. The minimum absolute atomic E-state index is 0.0308. The van der Waals surface area contributed by atoms with Crippen molar-refractivity contribution in [3.05, 3.63) is 81.0 Å². The molecule has 1 heterocycles. The minimum atomic E-state index is -1.54. The summed E-state index contributed by atoms with van der Waals surface area (Å²) in [6.45, 7) is 0.103. The van der Waals surface area contributed by atoms with Crippen LogP contribution >= 0.6 is 0 Å². The van der Waals surface area contributed by atoms with Crippen LogP contribution in [0, 0.1) is 0 Å². The van der Waals surface area contributed by atoms with Gasteiger partial charge in [0.05, 0.1) is 22.9 Å². The van der Waals surface area contributed by atoms with Gasteiger partial charge in [0.15, 0.2) is 0 Å². The average Bonchev–Trinajstić information content (AvgIpc) is 2.80. The lowest BCUT2D eigenvalue weighted by Gasteiger charge is -2.24. The number of carbonyl (C=O) groups is 3. The van der Waals surface area contributed by atoms with Gasteiger partial charge in [-0.05, 0) is 30.5 Å². The van der Waals surface area contributed by atoms with Crippen LogP contribution in [0.15, 0.2) is 64.2 Å². The summed E-state index contributed by atoms with van der Waals surface area (Å²) in [5.74, 6) is -2.37. The summed E-state index contributed by atoms with van der Waals surface area (Å²) < 4.78 is 0.797. The highest BCUT2D eigenvalue weighted by Crippen LogP contribution is 2.14. The number of nitrogens with two attached hydrogens (primary N) is 1. The molecule has 2 atom stereocenters. The third kappa shape index (κ3) is 5.88. The summed E-state index contributed by atoms with van der Waals surface area (Å²) in [5, 5.41) is 16.5. The normalized spacial score (nSPS) is 12.6. The first-order valence-electron chi connectivity index (χ1n) is 10.6. The van der Waals surface area contributed by atoms with Gasteiger partial charge in [-0.2, -0.15) is 0 Å². The first-order chi connectivity index (χ1) is 16.3. The zero-order valence-corrected chi connectivity index (χ0v) is 18.2. The Hall–Kier alpha value is -4.41. The number of amides is 3. The fraction of sp³-hybridized carbons (Fsp3) is 0.261. The predicted molar refractivity (Wildman–Crippen MR) is 122 cm³/mol. The van der Waals surface area contributed by atoms with Crippen molar-refractivity contribution in [3.8, 4) is 0 Å². The minimum Gasteiger partial charge on any atom is -0.548 e. The summed E-state index contributed by atoms with van der Waals surface area (Å²) in [6.07, 6.45) is 0.105. The number of rotatable bonds is 10. The van der Waals surface area contributed by atoms with Crippen LogP contribution in [0.1, 0.15) is 24.4 Å². The van der Waals surface area contributed by atoms with Crippen LogP contribution in [0.2, 0.25) is 0 Å². The molecule has 0 saturated carbocycles. The average molecular weight is 466 g/mol. The second-order valence-corrected chi connectivity index (χ2v) is 7.67. The van der Waals surface area contributed by atoms with Crippen molar-refractivity contribution in [2.24, 2.45) is 5.73 Å². The van der Waals surface area contributed by atoms with E-state index >= 15 is 0 Å². The molecule has 178 valence electrons. The molecule has 3 amide bonds. The number of carboxylic acids is 1. The van der Waals surface area contributed by atoms with E-state index in [4.69, 9.17) is 5.73 Å². The third-order valence-corrected chi connectivity index (χ3v) is 5.29. The van der Waals surface area contributed by atoms with Crippen molar-refractivity contribution in [2.45, 2.75) is 31.3 Å². The highest BCUT2D eigenvalue weighted by atomic mass is 16.4. The molecule has 0 spiro atoms. The topological polar surface area (TPSA) is 179 Å². The van der Waals surface area contributed by atoms with Crippen LogP contribution in [0.25, 0.3) is 10.9 Å². The molecule has 1 aromatic heterocycles. The van der Waals surface area contributed by atoms with Gasteiger partial charge >= 0.3 is 11.7 Å². The molecule has 34 heavy (non-hydrogen) atoms. The number of benzene rings is 2. The van der Waals surface area contributed by atoms with Crippen molar-refractivity contribution in [1.29, 1.82) is 0 Å². The molecule has 3 rings (SSSR count). The Morgan fingerprint density at radius 2 is 1.71 bits per heavy atom.